The summed E-state index contributed by atoms with van der Waals surface area (Å²) in [5, 5.41) is 0. The molecule has 1 spiro atoms. The van der Waals surface area contributed by atoms with E-state index in [1.807, 2.05) is 6.08 Å². The highest BCUT2D eigenvalue weighted by atomic mass is 16.5. The summed E-state index contributed by atoms with van der Waals surface area (Å²) in [6.45, 7) is 3.57. The van der Waals surface area contributed by atoms with Crippen molar-refractivity contribution in [1.29, 1.82) is 0 Å². The van der Waals surface area contributed by atoms with Crippen molar-refractivity contribution >= 4 is 5.78 Å². The fourth-order valence-electron chi connectivity index (χ4n) is 8.16. The molecule has 1 heterocycles. The Balaban J connectivity index is 1.42. The molecule has 0 aromatic carbocycles. The summed E-state index contributed by atoms with van der Waals surface area (Å²) in [5.74, 6) is 5.11. The van der Waals surface area contributed by atoms with Crippen molar-refractivity contribution in [3.63, 3.8) is 0 Å². The second-order valence-electron chi connectivity index (χ2n) is 9.69. The summed E-state index contributed by atoms with van der Waals surface area (Å²) >= 11 is 0. The number of rotatable bonds is 0. The molecule has 2 nitrogen and oxygen atoms in total. The number of allylic oxidation sites excluding steroid dienone is 4. The van der Waals surface area contributed by atoms with Crippen LogP contribution in [0.5, 0.6) is 0 Å². The lowest BCUT2D eigenvalue weighted by atomic mass is 9.50. The van der Waals surface area contributed by atoms with E-state index in [-0.39, 0.29) is 5.60 Å². The average molecular weight is 324 g/mol. The maximum absolute atomic E-state index is 11.8. The molecule has 6 rings (SSSR count). The Morgan fingerprint density at radius 2 is 2.12 bits per heavy atom. The highest BCUT2D eigenvalue weighted by Gasteiger charge is 2.76. The van der Waals surface area contributed by atoms with E-state index in [4.69, 9.17) is 4.74 Å². The van der Waals surface area contributed by atoms with Crippen molar-refractivity contribution in [3.8, 4) is 0 Å². The first-order valence-corrected chi connectivity index (χ1v) is 10.2. The lowest BCUT2D eigenvalue weighted by Crippen LogP contribution is -2.54. The first kappa shape index (κ1) is 14.3. The summed E-state index contributed by atoms with van der Waals surface area (Å²) in [7, 11) is 0. The molecule has 0 N–H and O–H groups in total. The molecule has 0 amide bonds. The van der Waals surface area contributed by atoms with Gasteiger partial charge >= 0.3 is 0 Å². The Labute approximate surface area is 144 Å². The Bertz CT molecular complexity index is 667. The number of ether oxygens (including phenoxy) is 1. The molecule has 2 heteroatoms. The number of carbonyl (C=O) groups excluding carboxylic acids is 1. The normalized spacial score (nSPS) is 57.2. The van der Waals surface area contributed by atoms with E-state index in [9.17, 15) is 4.79 Å². The molecular weight excluding hydrogens is 296 g/mol. The molecular formula is C22H28O2. The smallest absolute Gasteiger partial charge is 0.155 e. The third-order valence-corrected chi connectivity index (χ3v) is 9.05. The van der Waals surface area contributed by atoms with Crippen molar-refractivity contribution in [3.05, 3.63) is 23.8 Å². The van der Waals surface area contributed by atoms with Crippen LogP contribution in [0.15, 0.2) is 23.8 Å². The first-order valence-electron chi connectivity index (χ1n) is 10.2. The summed E-state index contributed by atoms with van der Waals surface area (Å²) in [4.78, 5) is 11.8. The van der Waals surface area contributed by atoms with Crippen LogP contribution in [0.3, 0.4) is 0 Å². The molecule has 1 aliphatic heterocycles. The Morgan fingerprint density at radius 3 is 2.96 bits per heavy atom. The van der Waals surface area contributed by atoms with Crippen LogP contribution < -0.4 is 0 Å². The summed E-state index contributed by atoms with van der Waals surface area (Å²) < 4.78 is 6.55. The van der Waals surface area contributed by atoms with Gasteiger partial charge in [0.1, 0.15) is 0 Å². The fourth-order valence-corrected chi connectivity index (χ4v) is 8.16. The molecule has 0 aromatic heterocycles. The third kappa shape index (κ3) is 1.51. The maximum Gasteiger partial charge on any atom is 0.155 e. The van der Waals surface area contributed by atoms with Gasteiger partial charge in [-0.05, 0) is 85.7 Å². The quantitative estimate of drug-likeness (QED) is 0.664. The zero-order chi connectivity index (χ0) is 16.1. The largest absolute Gasteiger partial charge is 0.374 e. The Kier molecular flexibility index (Phi) is 2.64. The highest BCUT2D eigenvalue weighted by molar-refractivity contribution is 5.91. The van der Waals surface area contributed by atoms with Gasteiger partial charge < -0.3 is 4.74 Å². The van der Waals surface area contributed by atoms with Gasteiger partial charge in [-0.15, -0.1) is 0 Å². The monoisotopic (exact) mass is 324 g/mol. The Hall–Kier alpha value is -0.890. The molecule has 4 fully saturated rings. The first-order chi connectivity index (χ1) is 11.6. The lowest BCUT2D eigenvalue weighted by Gasteiger charge is -2.56. The van der Waals surface area contributed by atoms with Crippen molar-refractivity contribution in [2.75, 3.05) is 6.61 Å². The van der Waals surface area contributed by atoms with E-state index in [1.165, 1.54) is 37.7 Å². The molecule has 0 bridgehead atoms. The summed E-state index contributed by atoms with van der Waals surface area (Å²) in [6, 6.07) is 0. The van der Waals surface area contributed by atoms with Crippen LogP contribution in [0, 0.1) is 40.9 Å². The minimum absolute atomic E-state index is 0.222. The van der Waals surface area contributed by atoms with Gasteiger partial charge in [0.25, 0.3) is 0 Å². The number of hydrogen-bond acceptors (Lipinski definition) is 2. The van der Waals surface area contributed by atoms with Crippen molar-refractivity contribution < 1.29 is 9.53 Å². The molecule has 8 atom stereocenters. The van der Waals surface area contributed by atoms with Crippen LogP contribution in [0.25, 0.3) is 0 Å². The molecule has 0 radical (unpaired) electrons. The van der Waals surface area contributed by atoms with Gasteiger partial charge in [-0.1, -0.05) is 19.1 Å². The van der Waals surface area contributed by atoms with E-state index >= 15 is 0 Å². The number of carbonyl (C=O) groups is 1. The van der Waals surface area contributed by atoms with Crippen LogP contribution in [-0.4, -0.2) is 18.0 Å². The molecule has 5 aliphatic carbocycles. The average Bonchev–Trinajstić information content (AvgIpc) is 3.13. The molecule has 128 valence electrons. The van der Waals surface area contributed by atoms with Crippen molar-refractivity contribution in [2.24, 2.45) is 40.9 Å². The zero-order valence-electron chi connectivity index (χ0n) is 14.7. The Morgan fingerprint density at radius 1 is 1.21 bits per heavy atom. The minimum atomic E-state index is 0.222. The van der Waals surface area contributed by atoms with Crippen molar-refractivity contribution in [2.45, 2.75) is 57.5 Å². The van der Waals surface area contributed by atoms with Crippen LogP contribution in [0.2, 0.25) is 0 Å². The van der Waals surface area contributed by atoms with E-state index in [1.54, 1.807) is 0 Å². The van der Waals surface area contributed by atoms with Crippen LogP contribution in [-0.2, 0) is 9.53 Å². The van der Waals surface area contributed by atoms with E-state index in [2.05, 4.69) is 19.1 Å². The van der Waals surface area contributed by atoms with Crippen molar-refractivity contribution in [1.82, 2.24) is 0 Å². The second kappa shape index (κ2) is 4.44. The van der Waals surface area contributed by atoms with Crippen LogP contribution in [0.4, 0.5) is 0 Å². The van der Waals surface area contributed by atoms with Gasteiger partial charge in [0.2, 0.25) is 0 Å². The second-order valence-corrected chi connectivity index (χ2v) is 9.69. The van der Waals surface area contributed by atoms with E-state index in [0.717, 1.165) is 49.0 Å². The minimum Gasteiger partial charge on any atom is -0.374 e. The standard InChI is InChI=1S/C22H28O2/c1-21-9-7-16-15-6-4-14(23)11-13(15)3-5-17(16)20(21)18-12-19(18)22(21)8-2-10-24-22/h3,5,11,15-20H,2,4,6-10,12H2,1H3/t15-,16?,17?,18+,19-,20?,21-,22-/m0/s1. The van der Waals surface area contributed by atoms with Gasteiger partial charge in [0.15, 0.2) is 5.78 Å². The number of fused-ring (bicyclic) bond motifs is 9. The molecule has 3 unspecified atom stereocenters. The molecule has 1 saturated heterocycles. The third-order valence-electron chi connectivity index (χ3n) is 9.05. The van der Waals surface area contributed by atoms with Gasteiger partial charge in [-0.3, -0.25) is 4.79 Å². The molecule has 3 saturated carbocycles. The summed E-state index contributed by atoms with van der Waals surface area (Å²) in [5.41, 5.74) is 1.96. The molecule has 0 aromatic rings. The van der Waals surface area contributed by atoms with E-state index < -0.39 is 0 Å². The predicted octanol–water partition coefficient (Wildman–Crippen LogP) is 4.31. The summed E-state index contributed by atoms with van der Waals surface area (Å²) in [6.07, 6.45) is 15.3. The topological polar surface area (TPSA) is 26.3 Å². The lowest BCUT2D eigenvalue weighted by molar-refractivity contribution is -0.139. The highest BCUT2D eigenvalue weighted by Crippen LogP contribution is 2.77. The van der Waals surface area contributed by atoms with Gasteiger partial charge in [0.05, 0.1) is 5.60 Å². The molecule has 6 aliphatic rings. The van der Waals surface area contributed by atoms with Gasteiger partial charge in [-0.25, -0.2) is 0 Å². The SMILES string of the molecule is C[C@]12CCC3C(C=CC4=CC(=O)CC[C@@H]43)C1[C@@H]1C[C@@H]1[C@@]21CCCO1. The number of hydrogen-bond donors (Lipinski definition) is 0. The van der Waals surface area contributed by atoms with Crippen LogP contribution >= 0.6 is 0 Å². The van der Waals surface area contributed by atoms with E-state index in [0.29, 0.717) is 17.1 Å². The van der Waals surface area contributed by atoms with Gasteiger partial charge in [0, 0.05) is 18.4 Å². The maximum atomic E-state index is 11.8. The zero-order valence-corrected chi connectivity index (χ0v) is 14.7. The fraction of sp³-hybridized carbons (Fsp3) is 0.773. The molecule has 24 heavy (non-hydrogen) atoms. The van der Waals surface area contributed by atoms with Gasteiger partial charge in [-0.2, -0.15) is 0 Å². The predicted molar refractivity (Wildman–Crippen MR) is 92.3 cm³/mol. The van der Waals surface area contributed by atoms with Crippen LogP contribution in [0.1, 0.15) is 51.9 Å². The number of ketones is 1.